The second-order valence-corrected chi connectivity index (χ2v) is 2.09. The van der Waals surface area contributed by atoms with Crippen LogP contribution in [-0.4, -0.2) is 19.2 Å². The maximum Gasteiger partial charge on any atom is 0.409 e. The van der Waals surface area contributed by atoms with E-state index in [0.717, 1.165) is 0 Å². The van der Waals surface area contributed by atoms with Gasteiger partial charge in [0.05, 0.1) is 12.7 Å². The van der Waals surface area contributed by atoms with E-state index >= 15 is 0 Å². The topological polar surface area (TPSA) is 78.6 Å². The van der Waals surface area contributed by atoms with Crippen LogP contribution in [0.4, 0.5) is 4.79 Å². The summed E-state index contributed by atoms with van der Waals surface area (Å²) in [7, 11) is 1.24. The molecule has 2 N–H and O–H groups in total. The van der Waals surface area contributed by atoms with Crippen LogP contribution in [0.2, 0.25) is 0 Å². The van der Waals surface area contributed by atoms with Crippen LogP contribution in [0.1, 0.15) is 13.8 Å². The molecule has 0 spiro atoms. The lowest BCUT2D eigenvalue weighted by Gasteiger charge is -2.04. The minimum atomic E-state index is -0.948. The van der Waals surface area contributed by atoms with Crippen molar-refractivity contribution in [3.05, 3.63) is 11.3 Å². The summed E-state index contributed by atoms with van der Waals surface area (Å²) in [6.45, 7) is 2.93. The molecule has 12 heavy (non-hydrogen) atoms. The van der Waals surface area contributed by atoms with E-state index in [-0.39, 0.29) is 11.3 Å². The number of esters is 1. The highest BCUT2D eigenvalue weighted by Gasteiger charge is 2.09. The minimum Gasteiger partial charge on any atom is -0.466 e. The van der Waals surface area contributed by atoms with Crippen LogP contribution in [0.5, 0.6) is 0 Å². The van der Waals surface area contributed by atoms with Gasteiger partial charge < -0.3 is 15.2 Å². The number of nitrogens with two attached hydrogens (primary N) is 1. The third-order valence-electron chi connectivity index (χ3n) is 1.27. The molecule has 0 rings (SSSR count). The molecule has 5 nitrogen and oxygen atoms in total. The van der Waals surface area contributed by atoms with Gasteiger partial charge in [0.25, 0.3) is 0 Å². The third kappa shape index (κ3) is 3.05. The summed E-state index contributed by atoms with van der Waals surface area (Å²) in [5.41, 5.74) is 4.94. The van der Waals surface area contributed by atoms with Crippen molar-refractivity contribution < 1.29 is 19.1 Å². The van der Waals surface area contributed by atoms with Gasteiger partial charge in [0, 0.05) is 0 Å². The molecule has 0 aliphatic carbocycles. The summed E-state index contributed by atoms with van der Waals surface area (Å²) < 4.78 is 8.84. The molecule has 0 aromatic heterocycles. The van der Waals surface area contributed by atoms with Crippen LogP contribution in [0.25, 0.3) is 0 Å². The first-order chi connectivity index (χ1) is 5.49. The molecule has 0 atom stereocenters. The predicted molar refractivity (Wildman–Crippen MR) is 41.1 cm³/mol. The van der Waals surface area contributed by atoms with E-state index in [1.807, 2.05) is 0 Å². The number of hydrogen-bond donors (Lipinski definition) is 1. The normalized spacial score (nSPS) is 11.6. The summed E-state index contributed by atoms with van der Waals surface area (Å²) >= 11 is 0. The fourth-order valence-corrected chi connectivity index (χ4v) is 0.524. The molecule has 5 heteroatoms. The average Bonchev–Trinajstić information content (AvgIpc) is 2.00. The highest BCUT2D eigenvalue weighted by molar-refractivity contribution is 5.88. The number of allylic oxidation sites excluding steroid dienone is 1. The fourth-order valence-electron chi connectivity index (χ4n) is 0.524. The Morgan fingerprint density at radius 2 is 1.75 bits per heavy atom. The Labute approximate surface area is 70.1 Å². The number of carbonyl (C=O) groups is 2. The van der Waals surface area contributed by atoms with Crippen LogP contribution in [0.15, 0.2) is 11.3 Å². The van der Waals surface area contributed by atoms with Gasteiger partial charge in [-0.05, 0) is 13.8 Å². The number of hydrogen-bond acceptors (Lipinski definition) is 4. The predicted octanol–water partition coefficient (Wildman–Crippen LogP) is 0.549. The Balaban J connectivity index is 4.46. The minimum absolute atomic E-state index is 0.148. The number of ether oxygens (including phenoxy) is 2. The molecule has 0 aliphatic rings. The van der Waals surface area contributed by atoms with Gasteiger partial charge >= 0.3 is 12.1 Å². The van der Waals surface area contributed by atoms with Crippen LogP contribution in [0.3, 0.4) is 0 Å². The van der Waals surface area contributed by atoms with E-state index in [1.165, 1.54) is 21.0 Å². The van der Waals surface area contributed by atoms with E-state index in [1.54, 1.807) is 0 Å². The number of rotatable bonds is 2. The quantitative estimate of drug-likeness (QED) is 0.375. The lowest BCUT2D eigenvalue weighted by atomic mass is 10.3. The SMILES string of the molecule is COC(=O)C(C)=C(C)OC(N)=O. The largest absolute Gasteiger partial charge is 0.466 e. The van der Waals surface area contributed by atoms with E-state index in [0.29, 0.717) is 0 Å². The zero-order valence-corrected chi connectivity index (χ0v) is 7.21. The van der Waals surface area contributed by atoms with E-state index < -0.39 is 12.1 Å². The van der Waals surface area contributed by atoms with Crippen molar-refractivity contribution in [2.45, 2.75) is 13.8 Å². The standard InChI is InChI=1S/C7H11NO4/c1-4(6(9)11-3)5(2)12-7(8)10/h1-3H3,(H2,8,10). The van der Waals surface area contributed by atoms with E-state index in [4.69, 9.17) is 5.73 Å². The lowest BCUT2D eigenvalue weighted by molar-refractivity contribution is -0.136. The van der Waals surface area contributed by atoms with Crippen molar-refractivity contribution in [2.75, 3.05) is 7.11 Å². The maximum absolute atomic E-state index is 10.8. The molecular formula is C7H11NO4. The van der Waals surface area contributed by atoms with Gasteiger partial charge in [-0.25, -0.2) is 9.59 Å². The Morgan fingerprint density at radius 3 is 2.08 bits per heavy atom. The molecule has 0 aliphatic heterocycles. The van der Waals surface area contributed by atoms with Gasteiger partial charge in [-0.15, -0.1) is 0 Å². The van der Waals surface area contributed by atoms with Crippen LogP contribution in [-0.2, 0) is 14.3 Å². The molecule has 0 radical (unpaired) electrons. The van der Waals surface area contributed by atoms with E-state index in [9.17, 15) is 9.59 Å². The molecule has 0 bridgehead atoms. The summed E-state index contributed by atoms with van der Waals surface area (Å²) in [5, 5.41) is 0. The molecule has 1 amide bonds. The molecule has 0 saturated carbocycles. The van der Waals surface area contributed by atoms with Gasteiger partial charge in [0.15, 0.2) is 0 Å². The van der Waals surface area contributed by atoms with Crippen molar-refractivity contribution in [1.82, 2.24) is 0 Å². The van der Waals surface area contributed by atoms with Crippen molar-refractivity contribution in [3.8, 4) is 0 Å². The van der Waals surface area contributed by atoms with Crippen molar-refractivity contribution >= 4 is 12.1 Å². The van der Waals surface area contributed by atoms with Crippen molar-refractivity contribution in [2.24, 2.45) is 5.73 Å². The van der Waals surface area contributed by atoms with Gasteiger partial charge in [0.2, 0.25) is 0 Å². The number of primary amides is 1. The molecule has 0 fully saturated rings. The third-order valence-corrected chi connectivity index (χ3v) is 1.27. The fraction of sp³-hybridized carbons (Fsp3) is 0.429. The number of carbonyl (C=O) groups excluding carboxylic acids is 2. The molecule has 0 aromatic rings. The molecule has 0 unspecified atom stereocenters. The molecule has 0 aromatic carbocycles. The number of amides is 1. The second kappa shape index (κ2) is 4.38. The molecule has 68 valence electrons. The van der Waals surface area contributed by atoms with E-state index in [2.05, 4.69) is 9.47 Å². The highest BCUT2D eigenvalue weighted by Crippen LogP contribution is 2.05. The monoisotopic (exact) mass is 173 g/mol. The summed E-state index contributed by atoms with van der Waals surface area (Å²) in [4.78, 5) is 21.1. The van der Waals surface area contributed by atoms with Crippen LogP contribution < -0.4 is 5.73 Å². The van der Waals surface area contributed by atoms with Gasteiger partial charge in [-0.1, -0.05) is 0 Å². The summed E-state index contributed by atoms with van der Waals surface area (Å²) in [6.07, 6.45) is -0.948. The van der Waals surface area contributed by atoms with Crippen molar-refractivity contribution in [3.63, 3.8) is 0 Å². The number of methoxy groups -OCH3 is 1. The van der Waals surface area contributed by atoms with Crippen LogP contribution >= 0.6 is 0 Å². The first-order valence-corrected chi connectivity index (χ1v) is 3.22. The maximum atomic E-state index is 10.8. The molecule has 0 saturated heterocycles. The van der Waals surface area contributed by atoms with Gasteiger partial charge in [0.1, 0.15) is 5.76 Å². The lowest BCUT2D eigenvalue weighted by Crippen LogP contribution is -2.14. The Bertz CT molecular complexity index is 232. The Hall–Kier alpha value is -1.52. The van der Waals surface area contributed by atoms with Gasteiger partial charge in [-0.3, -0.25) is 0 Å². The van der Waals surface area contributed by atoms with Gasteiger partial charge in [-0.2, -0.15) is 0 Å². The first-order valence-electron chi connectivity index (χ1n) is 3.22. The zero-order valence-electron chi connectivity index (χ0n) is 7.21. The second-order valence-electron chi connectivity index (χ2n) is 2.09. The Kier molecular flexibility index (Phi) is 3.82. The molecule has 0 heterocycles. The van der Waals surface area contributed by atoms with Crippen LogP contribution in [0, 0.1) is 0 Å². The summed E-state index contributed by atoms with van der Waals surface area (Å²) in [5.74, 6) is -0.400. The molecular weight excluding hydrogens is 162 g/mol. The highest BCUT2D eigenvalue weighted by atomic mass is 16.6. The van der Waals surface area contributed by atoms with Crippen molar-refractivity contribution in [1.29, 1.82) is 0 Å². The first kappa shape index (κ1) is 10.5. The Morgan fingerprint density at radius 1 is 1.25 bits per heavy atom. The smallest absolute Gasteiger partial charge is 0.409 e. The average molecular weight is 173 g/mol. The zero-order chi connectivity index (χ0) is 9.72. The summed E-state index contributed by atoms with van der Waals surface area (Å²) in [6, 6.07) is 0.